The first-order valence-electron chi connectivity index (χ1n) is 7.77. The van der Waals surface area contributed by atoms with Gasteiger partial charge in [0.15, 0.2) is 0 Å². The molecule has 0 spiro atoms. The maximum Gasteiger partial charge on any atom is 0.311 e. The van der Waals surface area contributed by atoms with Crippen molar-refractivity contribution in [1.82, 2.24) is 9.29 Å². The van der Waals surface area contributed by atoms with E-state index in [0.29, 0.717) is 38.4 Å². The minimum absolute atomic E-state index is 0.230. The fourth-order valence-electron chi connectivity index (χ4n) is 3.14. The summed E-state index contributed by atoms with van der Waals surface area (Å²) in [6.45, 7) is 3.72. The minimum atomic E-state index is -3.49. The van der Waals surface area contributed by atoms with Gasteiger partial charge in [0, 0.05) is 38.4 Å². The zero-order valence-electron chi connectivity index (χ0n) is 13.1. The third-order valence-corrected chi connectivity index (χ3v) is 6.63. The molecule has 1 unspecified atom stereocenters. The summed E-state index contributed by atoms with van der Waals surface area (Å²) >= 11 is 0. The van der Waals surface area contributed by atoms with Crippen LogP contribution >= 0.6 is 0 Å². The van der Waals surface area contributed by atoms with Crippen LogP contribution in [0.15, 0.2) is 23.2 Å². The second-order valence-electron chi connectivity index (χ2n) is 6.50. The van der Waals surface area contributed by atoms with E-state index in [1.165, 1.54) is 16.6 Å². The summed E-state index contributed by atoms with van der Waals surface area (Å²) < 4.78 is 26.7. The molecule has 1 aromatic heterocycles. The first-order chi connectivity index (χ1) is 10.8. The van der Waals surface area contributed by atoms with E-state index in [4.69, 9.17) is 0 Å². The third-order valence-electron chi connectivity index (χ3n) is 4.73. The number of aliphatic carboxylic acids is 1. The van der Waals surface area contributed by atoms with Gasteiger partial charge in [0.05, 0.1) is 10.3 Å². The van der Waals surface area contributed by atoms with Gasteiger partial charge in [-0.2, -0.15) is 4.31 Å². The van der Waals surface area contributed by atoms with Gasteiger partial charge < -0.3 is 10.0 Å². The van der Waals surface area contributed by atoms with E-state index in [-0.39, 0.29) is 4.90 Å². The number of carbonyl (C=O) groups is 1. The van der Waals surface area contributed by atoms with E-state index in [1.54, 1.807) is 13.0 Å². The highest BCUT2D eigenvalue weighted by atomic mass is 32.2. The third kappa shape index (κ3) is 2.92. The molecule has 0 bridgehead atoms. The van der Waals surface area contributed by atoms with E-state index in [1.807, 2.05) is 4.90 Å². The lowest BCUT2D eigenvalue weighted by Gasteiger charge is -2.22. The summed E-state index contributed by atoms with van der Waals surface area (Å²) in [7, 11) is -3.49. The molecule has 1 atom stereocenters. The molecule has 0 aromatic carbocycles. The molecule has 2 fully saturated rings. The lowest BCUT2D eigenvalue weighted by Crippen LogP contribution is -2.32. The number of rotatable bonds is 4. The Morgan fingerprint density at radius 2 is 2.00 bits per heavy atom. The van der Waals surface area contributed by atoms with Gasteiger partial charge in [0.25, 0.3) is 0 Å². The lowest BCUT2D eigenvalue weighted by molar-refractivity contribution is -0.146. The van der Waals surface area contributed by atoms with Gasteiger partial charge in [-0.05, 0) is 32.3 Å². The van der Waals surface area contributed by atoms with Gasteiger partial charge in [-0.3, -0.25) is 4.79 Å². The summed E-state index contributed by atoms with van der Waals surface area (Å²) in [6.07, 6.45) is 3.78. The standard InChI is InChI=1S/C15H21N3O4S/c1-15(14(19)20)5-9-17(11-15)13-10-12(4-6-16-13)23(21,22)18-7-2-3-8-18/h4,6,10H,2-3,5,7-9,11H2,1H3,(H,19,20). The van der Waals surface area contributed by atoms with Crippen LogP contribution in [0.2, 0.25) is 0 Å². The monoisotopic (exact) mass is 339 g/mol. The number of carboxylic acid groups (broad SMARTS) is 1. The van der Waals surface area contributed by atoms with Gasteiger partial charge in [0.1, 0.15) is 5.82 Å². The predicted octanol–water partition coefficient (Wildman–Crippen LogP) is 1.17. The number of nitrogens with zero attached hydrogens (tertiary/aromatic N) is 3. The Hall–Kier alpha value is -1.67. The molecule has 0 amide bonds. The number of hydrogen-bond donors (Lipinski definition) is 1. The number of carboxylic acids is 1. The Balaban J connectivity index is 1.85. The van der Waals surface area contributed by atoms with Crippen LogP contribution in [0.3, 0.4) is 0 Å². The molecule has 2 aliphatic rings. The summed E-state index contributed by atoms with van der Waals surface area (Å²) in [5, 5.41) is 9.31. The molecule has 0 radical (unpaired) electrons. The van der Waals surface area contributed by atoms with Crippen LogP contribution in [0, 0.1) is 5.41 Å². The molecule has 8 heteroatoms. The zero-order valence-corrected chi connectivity index (χ0v) is 13.9. The Labute approximate surface area is 136 Å². The van der Waals surface area contributed by atoms with Crippen molar-refractivity contribution in [3.05, 3.63) is 18.3 Å². The van der Waals surface area contributed by atoms with Crippen molar-refractivity contribution in [3.63, 3.8) is 0 Å². The SMILES string of the molecule is CC1(C(=O)O)CCN(c2cc(S(=O)(=O)N3CCCC3)ccn2)C1. The van der Waals surface area contributed by atoms with Gasteiger partial charge >= 0.3 is 5.97 Å². The van der Waals surface area contributed by atoms with Crippen LogP contribution < -0.4 is 4.90 Å². The number of pyridine rings is 1. The van der Waals surface area contributed by atoms with Crippen LogP contribution in [-0.2, 0) is 14.8 Å². The highest BCUT2D eigenvalue weighted by Crippen LogP contribution is 2.33. The molecule has 2 saturated heterocycles. The molecule has 0 aliphatic carbocycles. The first-order valence-corrected chi connectivity index (χ1v) is 9.21. The number of hydrogen-bond acceptors (Lipinski definition) is 5. The van der Waals surface area contributed by atoms with Gasteiger partial charge in [-0.15, -0.1) is 0 Å². The Bertz CT molecular complexity index is 715. The van der Waals surface area contributed by atoms with Gasteiger partial charge in [-0.1, -0.05) is 0 Å². The summed E-state index contributed by atoms with van der Waals surface area (Å²) in [5.74, 6) is -0.309. The van der Waals surface area contributed by atoms with Gasteiger partial charge in [-0.25, -0.2) is 13.4 Å². The van der Waals surface area contributed by atoms with Crippen LogP contribution in [0.25, 0.3) is 0 Å². The van der Waals surface area contributed by atoms with Crippen molar-refractivity contribution >= 4 is 21.8 Å². The molecular formula is C15H21N3O4S. The van der Waals surface area contributed by atoms with Gasteiger partial charge in [0.2, 0.25) is 10.0 Å². The Kier molecular flexibility index (Phi) is 4.05. The zero-order chi connectivity index (χ0) is 16.7. The maximum absolute atomic E-state index is 12.6. The molecular weight excluding hydrogens is 318 g/mol. The van der Waals surface area contributed by atoms with Crippen LogP contribution in [0.4, 0.5) is 5.82 Å². The Morgan fingerprint density at radius 1 is 1.30 bits per heavy atom. The van der Waals surface area contributed by atoms with Crippen molar-refractivity contribution in [2.45, 2.75) is 31.1 Å². The molecule has 3 heterocycles. The largest absolute Gasteiger partial charge is 0.481 e. The average molecular weight is 339 g/mol. The fourth-order valence-corrected chi connectivity index (χ4v) is 4.67. The quantitative estimate of drug-likeness (QED) is 0.885. The van der Waals surface area contributed by atoms with Crippen molar-refractivity contribution in [3.8, 4) is 0 Å². The van der Waals surface area contributed by atoms with Crippen molar-refractivity contribution in [1.29, 1.82) is 0 Å². The van der Waals surface area contributed by atoms with Crippen LogP contribution in [0.5, 0.6) is 0 Å². The molecule has 1 aromatic rings. The molecule has 3 rings (SSSR count). The van der Waals surface area contributed by atoms with E-state index in [2.05, 4.69) is 4.98 Å². The van der Waals surface area contributed by atoms with Crippen LogP contribution in [0.1, 0.15) is 26.2 Å². The molecule has 1 N–H and O–H groups in total. The second-order valence-corrected chi connectivity index (χ2v) is 8.44. The number of sulfonamides is 1. The topological polar surface area (TPSA) is 90.8 Å². The second kappa shape index (κ2) is 5.76. The Morgan fingerprint density at radius 3 is 2.61 bits per heavy atom. The lowest BCUT2D eigenvalue weighted by atomic mass is 9.90. The fraction of sp³-hybridized carbons (Fsp3) is 0.600. The molecule has 23 heavy (non-hydrogen) atoms. The predicted molar refractivity (Wildman–Crippen MR) is 84.8 cm³/mol. The van der Waals surface area contributed by atoms with Crippen molar-refractivity contribution in [2.75, 3.05) is 31.1 Å². The minimum Gasteiger partial charge on any atom is -0.481 e. The smallest absolute Gasteiger partial charge is 0.311 e. The van der Waals surface area contributed by atoms with Crippen LogP contribution in [-0.4, -0.2) is 55.0 Å². The first kappa shape index (κ1) is 16.2. The van der Waals surface area contributed by atoms with Crippen molar-refractivity contribution < 1.29 is 18.3 Å². The van der Waals surface area contributed by atoms with E-state index < -0.39 is 21.4 Å². The molecule has 7 nitrogen and oxygen atoms in total. The highest BCUT2D eigenvalue weighted by molar-refractivity contribution is 7.89. The normalized spacial score (nSPS) is 25.9. The molecule has 0 saturated carbocycles. The van der Waals surface area contributed by atoms with E-state index in [0.717, 1.165) is 12.8 Å². The summed E-state index contributed by atoms with van der Waals surface area (Å²) in [4.78, 5) is 17.7. The average Bonchev–Trinajstić information content (AvgIpc) is 3.18. The van der Waals surface area contributed by atoms with E-state index in [9.17, 15) is 18.3 Å². The molecule has 126 valence electrons. The van der Waals surface area contributed by atoms with Crippen molar-refractivity contribution in [2.24, 2.45) is 5.41 Å². The number of anilines is 1. The number of aromatic nitrogens is 1. The maximum atomic E-state index is 12.6. The van der Waals surface area contributed by atoms with E-state index >= 15 is 0 Å². The summed E-state index contributed by atoms with van der Waals surface area (Å²) in [6, 6.07) is 3.06. The molecule has 2 aliphatic heterocycles. The highest BCUT2D eigenvalue weighted by Gasteiger charge is 2.41. The summed E-state index contributed by atoms with van der Waals surface area (Å²) in [5.41, 5.74) is -0.814.